The van der Waals surface area contributed by atoms with Crippen LogP contribution < -0.4 is 4.90 Å². The van der Waals surface area contributed by atoms with Gasteiger partial charge in [-0.1, -0.05) is 24.3 Å². The van der Waals surface area contributed by atoms with Crippen LogP contribution in [0.15, 0.2) is 53.1 Å². The van der Waals surface area contributed by atoms with Crippen LogP contribution in [0.4, 0.5) is 5.69 Å². The van der Waals surface area contributed by atoms with Crippen LogP contribution in [0.25, 0.3) is 22.5 Å². The molecule has 4 heteroatoms. The molecule has 27 heavy (non-hydrogen) atoms. The summed E-state index contributed by atoms with van der Waals surface area (Å²) in [5, 5.41) is 9.98. The van der Waals surface area contributed by atoms with Gasteiger partial charge in [0, 0.05) is 29.8 Å². The second-order valence-corrected chi connectivity index (χ2v) is 7.08. The lowest BCUT2D eigenvalue weighted by atomic mass is 9.92. The molecule has 0 bridgehead atoms. The number of anilines is 1. The average Bonchev–Trinajstić information content (AvgIpc) is 3.36. The second kappa shape index (κ2) is 6.14. The number of carbonyl (C=O) groups excluding carboxylic acids is 1. The van der Waals surface area contributed by atoms with Crippen molar-refractivity contribution in [1.29, 1.82) is 5.26 Å². The first-order valence-corrected chi connectivity index (χ1v) is 9.33. The van der Waals surface area contributed by atoms with Gasteiger partial charge in [0.2, 0.25) is 0 Å². The first kappa shape index (κ1) is 15.9. The van der Waals surface area contributed by atoms with Crippen LogP contribution in [0.3, 0.4) is 0 Å². The fourth-order valence-electron chi connectivity index (χ4n) is 4.33. The van der Waals surface area contributed by atoms with Gasteiger partial charge in [-0.2, -0.15) is 5.26 Å². The number of benzene rings is 2. The summed E-state index contributed by atoms with van der Waals surface area (Å²) in [4.78, 5) is 15.5. The largest absolute Gasteiger partial charge is 0.464 e. The first-order valence-electron chi connectivity index (χ1n) is 9.33. The molecule has 2 aromatic carbocycles. The lowest BCUT2D eigenvalue weighted by molar-refractivity contribution is 0.104. The number of nitriles is 1. The van der Waals surface area contributed by atoms with Gasteiger partial charge in [-0.3, -0.25) is 4.79 Å². The van der Waals surface area contributed by atoms with Crippen LogP contribution in [0.1, 0.15) is 40.7 Å². The Morgan fingerprint density at radius 2 is 1.70 bits per heavy atom. The lowest BCUT2D eigenvalue weighted by Gasteiger charge is -2.30. The third-order valence-electron chi connectivity index (χ3n) is 5.57. The third kappa shape index (κ3) is 2.32. The fourth-order valence-corrected chi connectivity index (χ4v) is 4.33. The van der Waals surface area contributed by atoms with Crippen molar-refractivity contribution >= 4 is 11.5 Å². The van der Waals surface area contributed by atoms with Gasteiger partial charge in [-0.05, 0) is 43.0 Å². The summed E-state index contributed by atoms with van der Waals surface area (Å²) in [5.41, 5.74) is 5.11. The Hall–Kier alpha value is -3.32. The zero-order chi connectivity index (χ0) is 18.4. The minimum Gasteiger partial charge on any atom is -0.464 e. The van der Waals surface area contributed by atoms with Crippen molar-refractivity contribution in [3.8, 4) is 28.5 Å². The normalized spacial score (nSPS) is 15.4. The molecule has 0 amide bonds. The second-order valence-electron chi connectivity index (χ2n) is 7.08. The van der Waals surface area contributed by atoms with E-state index in [-0.39, 0.29) is 5.78 Å². The summed E-state index contributed by atoms with van der Waals surface area (Å²) in [6, 6.07) is 15.7. The van der Waals surface area contributed by atoms with Crippen LogP contribution >= 0.6 is 0 Å². The van der Waals surface area contributed by atoms with Gasteiger partial charge >= 0.3 is 0 Å². The molecule has 0 saturated carbocycles. The molecule has 1 aliphatic heterocycles. The van der Waals surface area contributed by atoms with Crippen LogP contribution in [0, 0.1) is 11.3 Å². The van der Waals surface area contributed by atoms with Gasteiger partial charge in [0.15, 0.2) is 5.78 Å². The van der Waals surface area contributed by atoms with Crippen LogP contribution in [0.2, 0.25) is 0 Å². The molecule has 0 radical (unpaired) electrons. The van der Waals surface area contributed by atoms with Crippen molar-refractivity contribution < 1.29 is 9.21 Å². The molecule has 1 fully saturated rings. The SMILES string of the molecule is N#Cc1c(N2CCCCC2)cc(-c2ccco2)c2c1C(=O)c1ccccc1-2. The first-order chi connectivity index (χ1) is 13.3. The van der Waals surface area contributed by atoms with E-state index in [1.165, 1.54) is 6.42 Å². The van der Waals surface area contributed by atoms with E-state index in [9.17, 15) is 10.1 Å². The van der Waals surface area contributed by atoms with E-state index in [1.807, 2.05) is 42.5 Å². The highest BCUT2D eigenvalue weighted by Crippen LogP contribution is 2.47. The van der Waals surface area contributed by atoms with E-state index in [0.717, 1.165) is 54.1 Å². The summed E-state index contributed by atoms with van der Waals surface area (Å²) in [5.74, 6) is 0.655. The van der Waals surface area contributed by atoms with Crippen LogP contribution in [-0.2, 0) is 0 Å². The minimum absolute atomic E-state index is 0.0659. The highest BCUT2D eigenvalue weighted by atomic mass is 16.3. The Kier molecular flexibility index (Phi) is 3.61. The third-order valence-corrected chi connectivity index (χ3v) is 5.57. The van der Waals surface area contributed by atoms with Crippen molar-refractivity contribution in [2.24, 2.45) is 0 Å². The number of piperidine rings is 1. The molecule has 1 aliphatic carbocycles. The maximum absolute atomic E-state index is 13.2. The van der Waals surface area contributed by atoms with Gasteiger partial charge in [-0.15, -0.1) is 0 Å². The molecule has 2 heterocycles. The highest BCUT2D eigenvalue weighted by molar-refractivity contribution is 6.25. The van der Waals surface area contributed by atoms with Gasteiger partial charge in [-0.25, -0.2) is 0 Å². The zero-order valence-corrected chi connectivity index (χ0v) is 14.9. The number of carbonyl (C=O) groups is 1. The summed E-state index contributed by atoms with van der Waals surface area (Å²) in [7, 11) is 0. The van der Waals surface area contributed by atoms with Gasteiger partial charge in [0.25, 0.3) is 0 Å². The van der Waals surface area contributed by atoms with E-state index >= 15 is 0 Å². The van der Waals surface area contributed by atoms with E-state index in [0.29, 0.717) is 16.7 Å². The van der Waals surface area contributed by atoms with Crippen molar-refractivity contribution in [2.45, 2.75) is 19.3 Å². The molecule has 4 nitrogen and oxygen atoms in total. The Labute approximate surface area is 157 Å². The molecule has 1 saturated heterocycles. The lowest BCUT2D eigenvalue weighted by Crippen LogP contribution is -2.30. The van der Waals surface area contributed by atoms with Crippen molar-refractivity contribution in [3.63, 3.8) is 0 Å². The number of hydrogen-bond acceptors (Lipinski definition) is 4. The summed E-state index contributed by atoms with van der Waals surface area (Å²) < 4.78 is 5.70. The smallest absolute Gasteiger partial charge is 0.195 e. The molecule has 1 aromatic heterocycles. The minimum atomic E-state index is -0.0659. The number of rotatable bonds is 2. The zero-order valence-electron chi connectivity index (χ0n) is 14.9. The monoisotopic (exact) mass is 354 g/mol. The highest BCUT2D eigenvalue weighted by Gasteiger charge is 2.35. The quantitative estimate of drug-likeness (QED) is 0.507. The molecule has 5 rings (SSSR count). The van der Waals surface area contributed by atoms with E-state index in [2.05, 4.69) is 11.0 Å². The molecule has 3 aromatic rings. The maximum Gasteiger partial charge on any atom is 0.195 e. The Bertz CT molecular complexity index is 1080. The average molecular weight is 354 g/mol. The number of fused-ring (bicyclic) bond motifs is 3. The molecule has 0 atom stereocenters. The molecule has 0 N–H and O–H groups in total. The predicted octanol–water partition coefficient (Wildman–Crippen LogP) is 5.02. The molecular formula is C23H18N2O2. The Morgan fingerprint density at radius 1 is 0.926 bits per heavy atom. The van der Waals surface area contributed by atoms with Gasteiger partial charge in [0.05, 0.1) is 23.1 Å². The Balaban J connectivity index is 1.84. The predicted molar refractivity (Wildman–Crippen MR) is 104 cm³/mol. The molecule has 0 unspecified atom stereocenters. The fraction of sp³-hybridized carbons (Fsp3) is 0.217. The number of furan rings is 1. The van der Waals surface area contributed by atoms with Gasteiger partial charge < -0.3 is 9.32 Å². The number of hydrogen-bond donors (Lipinski definition) is 0. The standard InChI is InChI=1S/C23H18N2O2/c24-14-18-19(25-10-4-1-5-11-25)13-17(20-9-6-12-27-20)21-15-7-2-3-8-16(15)23(26)22(18)21/h2-3,6-9,12-13H,1,4-5,10-11H2. The summed E-state index contributed by atoms with van der Waals surface area (Å²) in [6.07, 6.45) is 5.06. The maximum atomic E-state index is 13.2. The van der Waals surface area contributed by atoms with E-state index in [4.69, 9.17) is 4.42 Å². The molecule has 2 aliphatic rings. The number of ketones is 1. The van der Waals surface area contributed by atoms with Gasteiger partial charge in [0.1, 0.15) is 11.8 Å². The Morgan fingerprint density at radius 3 is 2.41 bits per heavy atom. The molecule has 0 spiro atoms. The van der Waals surface area contributed by atoms with E-state index < -0.39 is 0 Å². The molecule has 132 valence electrons. The van der Waals surface area contributed by atoms with Crippen LogP contribution in [-0.4, -0.2) is 18.9 Å². The summed E-state index contributed by atoms with van der Waals surface area (Å²) in [6.45, 7) is 1.82. The van der Waals surface area contributed by atoms with Crippen molar-refractivity contribution in [3.05, 3.63) is 65.4 Å². The number of nitrogens with zero attached hydrogens (tertiary/aromatic N) is 2. The van der Waals surface area contributed by atoms with Crippen LogP contribution in [0.5, 0.6) is 0 Å². The topological polar surface area (TPSA) is 57.2 Å². The van der Waals surface area contributed by atoms with Crippen molar-refractivity contribution in [1.82, 2.24) is 0 Å². The van der Waals surface area contributed by atoms with E-state index in [1.54, 1.807) is 6.26 Å². The summed E-state index contributed by atoms with van der Waals surface area (Å²) >= 11 is 0. The molecular weight excluding hydrogens is 336 g/mol. The van der Waals surface area contributed by atoms with Crippen molar-refractivity contribution in [2.75, 3.05) is 18.0 Å².